The van der Waals surface area contributed by atoms with Gasteiger partial charge in [-0.25, -0.2) is 9.07 Å². The molecule has 2 aliphatic rings. The van der Waals surface area contributed by atoms with Gasteiger partial charge >= 0.3 is 0 Å². The largest absolute Gasteiger partial charge is 0.381 e. The molecule has 1 amide bonds. The molecule has 0 radical (unpaired) electrons. The number of benzene rings is 1. The highest BCUT2D eigenvalue weighted by atomic mass is 19.1. The van der Waals surface area contributed by atoms with Crippen LogP contribution in [0.15, 0.2) is 30.5 Å². The van der Waals surface area contributed by atoms with E-state index in [0.717, 1.165) is 12.8 Å². The van der Waals surface area contributed by atoms with E-state index in [1.54, 1.807) is 23.2 Å². The fourth-order valence-corrected chi connectivity index (χ4v) is 3.52. The van der Waals surface area contributed by atoms with E-state index in [-0.39, 0.29) is 22.8 Å². The number of rotatable bonds is 2. The number of amides is 1. The van der Waals surface area contributed by atoms with E-state index < -0.39 is 0 Å². The Labute approximate surface area is 150 Å². The van der Waals surface area contributed by atoms with E-state index in [0.29, 0.717) is 45.2 Å². The Kier molecular flexibility index (Phi) is 4.69. The van der Waals surface area contributed by atoms with Crippen LogP contribution in [-0.2, 0) is 9.47 Å². The average Bonchev–Trinajstić information content (AvgIpc) is 3.06. The first-order valence-electron chi connectivity index (χ1n) is 8.78. The highest BCUT2D eigenvalue weighted by molar-refractivity contribution is 5.92. The quantitative estimate of drug-likeness (QED) is 0.815. The van der Waals surface area contributed by atoms with Gasteiger partial charge in [0.25, 0.3) is 5.91 Å². The summed E-state index contributed by atoms with van der Waals surface area (Å²) in [5.41, 5.74) is 0.883. The molecule has 1 spiro atoms. The van der Waals surface area contributed by atoms with Gasteiger partial charge in [-0.3, -0.25) is 4.79 Å². The maximum Gasteiger partial charge on any atom is 0.276 e. The molecule has 2 aliphatic heterocycles. The van der Waals surface area contributed by atoms with Crippen molar-refractivity contribution in [3.8, 4) is 5.69 Å². The third-order valence-electron chi connectivity index (χ3n) is 5.08. The van der Waals surface area contributed by atoms with Gasteiger partial charge in [-0.1, -0.05) is 5.21 Å². The smallest absolute Gasteiger partial charge is 0.276 e. The first kappa shape index (κ1) is 17.1. The van der Waals surface area contributed by atoms with E-state index in [1.807, 2.05) is 0 Å². The second-order valence-electron chi connectivity index (χ2n) is 6.92. The standard InChI is InChI=1S/C18H21FN4O3/c19-14-1-3-15(4-2-14)23-11-16(20-21-23)17(24)22-7-10-26-13-18(12-22)5-8-25-9-6-18/h1-4,11H,5-10,12-13H2. The molecule has 2 aromatic rings. The van der Waals surface area contributed by atoms with E-state index >= 15 is 0 Å². The third kappa shape index (κ3) is 3.47. The van der Waals surface area contributed by atoms with Crippen LogP contribution < -0.4 is 0 Å². The second-order valence-corrected chi connectivity index (χ2v) is 6.92. The summed E-state index contributed by atoms with van der Waals surface area (Å²) in [4.78, 5) is 14.7. The number of aromatic nitrogens is 3. The molecule has 0 saturated carbocycles. The summed E-state index contributed by atoms with van der Waals surface area (Å²) in [5, 5.41) is 8.02. The molecule has 7 nitrogen and oxygen atoms in total. The van der Waals surface area contributed by atoms with Gasteiger partial charge in [0.2, 0.25) is 0 Å². The zero-order chi connectivity index (χ0) is 18.0. The molecule has 0 N–H and O–H groups in total. The van der Waals surface area contributed by atoms with Crippen LogP contribution in [0.2, 0.25) is 0 Å². The maximum absolute atomic E-state index is 13.1. The van der Waals surface area contributed by atoms with E-state index in [4.69, 9.17) is 9.47 Å². The lowest BCUT2D eigenvalue weighted by molar-refractivity contribution is -0.0304. The van der Waals surface area contributed by atoms with Crippen LogP contribution in [-0.4, -0.2) is 65.3 Å². The van der Waals surface area contributed by atoms with Gasteiger partial charge in [0.1, 0.15) is 5.82 Å². The van der Waals surface area contributed by atoms with Gasteiger partial charge in [-0.2, -0.15) is 0 Å². The Morgan fingerprint density at radius 3 is 2.65 bits per heavy atom. The highest BCUT2D eigenvalue weighted by Crippen LogP contribution is 2.33. The van der Waals surface area contributed by atoms with Gasteiger partial charge in [-0.05, 0) is 37.1 Å². The minimum atomic E-state index is -0.323. The van der Waals surface area contributed by atoms with Crippen molar-refractivity contribution < 1.29 is 18.7 Å². The molecule has 1 aromatic carbocycles. The monoisotopic (exact) mass is 360 g/mol. The number of hydrogen-bond donors (Lipinski definition) is 0. The number of halogens is 1. The molecule has 1 aromatic heterocycles. The minimum absolute atomic E-state index is 0.0443. The third-order valence-corrected chi connectivity index (χ3v) is 5.08. The number of carbonyl (C=O) groups is 1. The van der Waals surface area contributed by atoms with Gasteiger partial charge in [-0.15, -0.1) is 5.10 Å². The molecule has 4 rings (SSSR count). The zero-order valence-electron chi connectivity index (χ0n) is 14.4. The topological polar surface area (TPSA) is 69.5 Å². The van der Waals surface area contributed by atoms with Gasteiger partial charge in [0.05, 0.1) is 25.1 Å². The lowest BCUT2D eigenvalue weighted by atomic mass is 9.80. The summed E-state index contributed by atoms with van der Waals surface area (Å²) in [6.07, 6.45) is 3.36. The number of nitrogens with zero attached hydrogens (tertiary/aromatic N) is 4. The van der Waals surface area contributed by atoms with Crippen molar-refractivity contribution in [2.75, 3.05) is 39.5 Å². The second kappa shape index (κ2) is 7.13. The molecule has 0 aliphatic carbocycles. The SMILES string of the molecule is O=C(c1cn(-c2ccc(F)cc2)nn1)N1CCOCC2(CCOCC2)C1. The molecule has 0 unspecified atom stereocenters. The van der Waals surface area contributed by atoms with Gasteiger partial charge in [0, 0.05) is 31.7 Å². The summed E-state index contributed by atoms with van der Waals surface area (Å²) in [7, 11) is 0. The lowest BCUT2D eigenvalue weighted by Crippen LogP contribution is -2.44. The summed E-state index contributed by atoms with van der Waals surface area (Å²) in [6, 6.07) is 5.88. The predicted molar refractivity (Wildman–Crippen MR) is 90.5 cm³/mol. The summed E-state index contributed by atoms with van der Waals surface area (Å²) >= 11 is 0. The van der Waals surface area contributed by atoms with Crippen LogP contribution in [0.5, 0.6) is 0 Å². The fraction of sp³-hybridized carbons (Fsp3) is 0.500. The van der Waals surface area contributed by atoms with Crippen molar-refractivity contribution in [1.82, 2.24) is 19.9 Å². The van der Waals surface area contributed by atoms with Crippen LogP contribution in [0.3, 0.4) is 0 Å². The van der Waals surface area contributed by atoms with Gasteiger partial charge in [0.15, 0.2) is 5.69 Å². The van der Waals surface area contributed by atoms with Crippen LogP contribution in [0.25, 0.3) is 5.69 Å². The number of hydrogen-bond acceptors (Lipinski definition) is 5. The normalized spacial score (nSPS) is 20.1. The molecule has 138 valence electrons. The van der Waals surface area contributed by atoms with Crippen LogP contribution in [0, 0.1) is 11.2 Å². The van der Waals surface area contributed by atoms with Crippen LogP contribution in [0.1, 0.15) is 23.3 Å². The molecular weight excluding hydrogens is 339 g/mol. The Morgan fingerprint density at radius 1 is 1.12 bits per heavy atom. The van der Waals surface area contributed by atoms with Crippen molar-refractivity contribution >= 4 is 5.91 Å². The van der Waals surface area contributed by atoms with E-state index in [9.17, 15) is 9.18 Å². The van der Waals surface area contributed by atoms with Crippen LogP contribution in [0.4, 0.5) is 4.39 Å². The summed E-state index contributed by atoms with van der Waals surface area (Å²) in [5.74, 6) is -0.480. The lowest BCUT2D eigenvalue weighted by Gasteiger charge is -2.38. The molecule has 2 fully saturated rings. The van der Waals surface area contributed by atoms with E-state index in [2.05, 4.69) is 10.3 Å². The molecule has 2 saturated heterocycles. The highest BCUT2D eigenvalue weighted by Gasteiger charge is 2.38. The predicted octanol–water partition coefficient (Wildman–Crippen LogP) is 1.68. The zero-order valence-corrected chi connectivity index (χ0v) is 14.4. The Balaban J connectivity index is 1.52. The maximum atomic E-state index is 13.1. The molecule has 3 heterocycles. The first-order valence-corrected chi connectivity index (χ1v) is 8.78. The van der Waals surface area contributed by atoms with Gasteiger partial charge < -0.3 is 14.4 Å². The van der Waals surface area contributed by atoms with Crippen LogP contribution >= 0.6 is 0 Å². The molecule has 0 bridgehead atoms. The molecule has 26 heavy (non-hydrogen) atoms. The van der Waals surface area contributed by atoms with Crippen molar-refractivity contribution in [1.29, 1.82) is 0 Å². The first-order chi connectivity index (χ1) is 12.7. The minimum Gasteiger partial charge on any atom is -0.381 e. The summed E-state index contributed by atoms with van der Waals surface area (Å²) in [6.45, 7) is 3.74. The average molecular weight is 360 g/mol. The van der Waals surface area contributed by atoms with E-state index in [1.165, 1.54) is 16.8 Å². The Hall–Kier alpha value is -2.32. The Morgan fingerprint density at radius 2 is 1.88 bits per heavy atom. The molecule has 8 heteroatoms. The number of carbonyl (C=O) groups excluding carboxylic acids is 1. The number of ether oxygens (including phenoxy) is 2. The van der Waals surface area contributed by atoms with Crippen molar-refractivity contribution in [3.63, 3.8) is 0 Å². The molecule has 0 atom stereocenters. The van der Waals surface area contributed by atoms with Crippen molar-refractivity contribution in [3.05, 3.63) is 42.0 Å². The Bertz CT molecular complexity index is 771. The van der Waals surface area contributed by atoms with Crippen molar-refractivity contribution in [2.24, 2.45) is 5.41 Å². The molecular formula is C18H21FN4O3. The summed E-state index contributed by atoms with van der Waals surface area (Å²) < 4.78 is 25.8. The fourth-order valence-electron chi connectivity index (χ4n) is 3.52. The van der Waals surface area contributed by atoms with Crippen molar-refractivity contribution in [2.45, 2.75) is 12.8 Å².